The van der Waals surface area contributed by atoms with Crippen LogP contribution in [0.2, 0.25) is 0 Å². The van der Waals surface area contributed by atoms with Crippen LogP contribution in [0.5, 0.6) is 0 Å². The van der Waals surface area contributed by atoms with Crippen molar-refractivity contribution in [2.45, 2.75) is 12.8 Å². The number of carbonyl (C=O) groups is 1. The van der Waals surface area contributed by atoms with Gasteiger partial charge < -0.3 is 5.11 Å². The first-order valence-corrected chi connectivity index (χ1v) is 4.67. The normalized spacial score (nSPS) is 10.6. The third kappa shape index (κ3) is 4.01. The van der Waals surface area contributed by atoms with Crippen molar-refractivity contribution in [1.82, 2.24) is 0 Å². The molecule has 2 heteroatoms. The number of rotatable bonds is 5. The molecule has 0 unspecified atom stereocenters. The highest BCUT2D eigenvalue weighted by atomic mass is 16.3. The molecule has 74 valence electrons. The lowest BCUT2D eigenvalue weighted by atomic mass is 10.1. The summed E-state index contributed by atoms with van der Waals surface area (Å²) in [6.45, 7) is -0.348. The SMILES string of the molecule is O=C(CO)CCC=Cc1ccccc1. The lowest BCUT2D eigenvalue weighted by molar-refractivity contribution is -0.121. The highest BCUT2D eigenvalue weighted by Crippen LogP contribution is 2.02. The second kappa shape index (κ2) is 6.11. The number of carbonyl (C=O) groups excluding carboxylic acids is 1. The van der Waals surface area contributed by atoms with E-state index in [4.69, 9.17) is 5.11 Å². The first-order valence-electron chi connectivity index (χ1n) is 4.67. The van der Waals surface area contributed by atoms with E-state index in [9.17, 15) is 4.79 Å². The Morgan fingerprint density at radius 1 is 1.29 bits per heavy atom. The lowest BCUT2D eigenvalue weighted by Crippen LogP contribution is -2.01. The van der Waals surface area contributed by atoms with E-state index in [1.165, 1.54) is 0 Å². The summed E-state index contributed by atoms with van der Waals surface area (Å²) in [4.78, 5) is 10.7. The molecule has 1 N–H and O–H groups in total. The number of aliphatic hydroxyl groups is 1. The number of hydrogen-bond donors (Lipinski definition) is 1. The van der Waals surface area contributed by atoms with Gasteiger partial charge >= 0.3 is 0 Å². The Bertz CT molecular complexity index is 301. The highest BCUT2D eigenvalue weighted by Gasteiger charge is 1.95. The van der Waals surface area contributed by atoms with Gasteiger partial charge in [0.1, 0.15) is 6.61 Å². The molecule has 0 aromatic heterocycles. The van der Waals surface area contributed by atoms with Crippen LogP contribution < -0.4 is 0 Å². The standard InChI is InChI=1S/C12H14O2/c13-10-12(14)9-5-4-8-11-6-2-1-3-7-11/h1-4,6-8,13H,5,9-10H2. The molecule has 2 nitrogen and oxygen atoms in total. The molecule has 0 aliphatic carbocycles. The van der Waals surface area contributed by atoms with Gasteiger partial charge in [-0.1, -0.05) is 42.5 Å². The number of aliphatic hydroxyl groups excluding tert-OH is 1. The topological polar surface area (TPSA) is 37.3 Å². The minimum Gasteiger partial charge on any atom is -0.389 e. The molecule has 14 heavy (non-hydrogen) atoms. The van der Waals surface area contributed by atoms with Crippen LogP contribution in [0, 0.1) is 0 Å². The van der Waals surface area contributed by atoms with Crippen molar-refractivity contribution in [2.75, 3.05) is 6.61 Å². The predicted octanol–water partition coefficient (Wildman–Crippen LogP) is 2.04. The van der Waals surface area contributed by atoms with Crippen LogP contribution in [0.1, 0.15) is 18.4 Å². The number of ketones is 1. The smallest absolute Gasteiger partial charge is 0.158 e. The molecule has 0 fully saturated rings. The Morgan fingerprint density at radius 2 is 2.00 bits per heavy atom. The van der Waals surface area contributed by atoms with Crippen LogP contribution in [0.15, 0.2) is 36.4 Å². The van der Waals surface area contributed by atoms with E-state index in [-0.39, 0.29) is 12.4 Å². The summed E-state index contributed by atoms with van der Waals surface area (Å²) in [7, 11) is 0. The fourth-order valence-electron chi connectivity index (χ4n) is 1.11. The first kappa shape index (κ1) is 10.7. The average Bonchev–Trinajstić information content (AvgIpc) is 2.25. The van der Waals surface area contributed by atoms with Gasteiger partial charge in [-0.15, -0.1) is 0 Å². The zero-order chi connectivity index (χ0) is 10.2. The molecule has 0 atom stereocenters. The molecule has 0 spiro atoms. The number of Topliss-reactive ketones (excluding diaryl/α,β-unsaturated/α-hetero) is 1. The number of allylic oxidation sites excluding steroid dienone is 1. The van der Waals surface area contributed by atoms with Crippen molar-refractivity contribution >= 4 is 11.9 Å². The molecular weight excluding hydrogens is 176 g/mol. The zero-order valence-corrected chi connectivity index (χ0v) is 8.02. The van der Waals surface area contributed by atoms with Gasteiger partial charge in [0.15, 0.2) is 5.78 Å². The van der Waals surface area contributed by atoms with Crippen LogP contribution in [0.3, 0.4) is 0 Å². The Morgan fingerprint density at radius 3 is 2.64 bits per heavy atom. The Hall–Kier alpha value is -1.41. The maximum Gasteiger partial charge on any atom is 0.158 e. The molecule has 1 rings (SSSR count). The van der Waals surface area contributed by atoms with Crippen molar-refractivity contribution < 1.29 is 9.90 Å². The van der Waals surface area contributed by atoms with Crippen molar-refractivity contribution in [2.24, 2.45) is 0 Å². The summed E-state index contributed by atoms with van der Waals surface area (Å²) < 4.78 is 0. The van der Waals surface area contributed by atoms with Crippen LogP contribution in [-0.2, 0) is 4.79 Å². The second-order valence-corrected chi connectivity index (χ2v) is 3.05. The summed E-state index contributed by atoms with van der Waals surface area (Å²) in [5.41, 5.74) is 1.13. The Balaban J connectivity index is 2.31. The van der Waals surface area contributed by atoms with E-state index >= 15 is 0 Å². The Labute approximate surface area is 83.9 Å². The molecule has 1 aromatic carbocycles. The van der Waals surface area contributed by atoms with Gasteiger partial charge in [0.2, 0.25) is 0 Å². The van der Waals surface area contributed by atoms with Crippen LogP contribution in [0.4, 0.5) is 0 Å². The molecule has 0 saturated heterocycles. The molecule has 0 aliphatic rings. The fourth-order valence-corrected chi connectivity index (χ4v) is 1.11. The molecule has 0 radical (unpaired) electrons. The number of hydrogen-bond acceptors (Lipinski definition) is 2. The third-order valence-corrected chi connectivity index (χ3v) is 1.88. The maximum atomic E-state index is 10.7. The van der Waals surface area contributed by atoms with E-state index in [0.717, 1.165) is 5.56 Å². The van der Waals surface area contributed by atoms with Crippen LogP contribution in [-0.4, -0.2) is 17.5 Å². The molecule has 0 saturated carbocycles. The van der Waals surface area contributed by atoms with Crippen molar-refractivity contribution in [3.05, 3.63) is 42.0 Å². The summed E-state index contributed by atoms with van der Waals surface area (Å²) in [5, 5.41) is 8.48. The van der Waals surface area contributed by atoms with Gasteiger partial charge in [-0.05, 0) is 12.0 Å². The van der Waals surface area contributed by atoms with Gasteiger partial charge in [0, 0.05) is 6.42 Å². The monoisotopic (exact) mass is 190 g/mol. The third-order valence-electron chi connectivity index (χ3n) is 1.88. The van der Waals surface area contributed by atoms with Gasteiger partial charge in [-0.3, -0.25) is 4.79 Å². The van der Waals surface area contributed by atoms with Crippen LogP contribution >= 0.6 is 0 Å². The van der Waals surface area contributed by atoms with Gasteiger partial charge in [-0.25, -0.2) is 0 Å². The van der Waals surface area contributed by atoms with Crippen LogP contribution in [0.25, 0.3) is 6.08 Å². The van der Waals surface area contributed by atoms with Gasteiger partial charge in [0.25, 0.3) is 0 Å². The molecule has 0 heterocycles. The quantitative estimate of drug-likeness (QED) is 0.771. The fraction of sp³-hybridized carbons (Fsp3) is 0.250. The second-order valence-electron chi connectivity index (χ2n) is 3.05. The van der Waals surface area contributed by atoms with E-state index in [2.05, 4.69) is 0 Å². The summed E-state index contributed by atoms with van der Waals surface area (Å²) >= 11 is 0. The summed E-state index contributed by atoms with van der Waals surface area (Å²) in [6, 6.07) is 9.92. The zero-order valence-electron chi connectivity index (χ0n) is 8.02. The van der Waals surface area contributed by atoms with Crippen molar-refractivity contribution in [1.29, 1.82) is 0 Å². The summed E-state index contributed by atoms with van der Waals surface area (Å²) in [6.07, 6.45) is 5.03. The van der Waals surface area contributed by atoms with Gasteiger partial charge in [-0.2, -0.15) is 0 Å². The molecule has 0 bridgehead atoms. The minimum atomic E-state index is -0.348. The molecular formula is C12H14O2. The van der Waals surface area contributed by atoms with E-state index in [0.29, 0.717) is 12.8 Å². The molecule has 0 aliphatic heterocycles. The minimum absolute atomic E-state index is 0.109. The molecule has 0 amide bonds. The van der Waals surface area contributed by atoms with E-state index < -0.39 is 0 Å². The lowest BCUT2D eigenvalue weighted by Gasteiger charge is -1.92. The largest absolute Gasteiger partial charge is 0.389 e. The number of benzene rings is 1. The predicted molar refractivity (Wildman–Crippen MR) is 56.8 cm³/mol. The Kier molecular flexibility index (Phi) is 4.65. The van der Waals surface area contributed by atoms with Crippen molar-refractivity contribution in [3.8, 4) is 0 Å². The average molecular weight is 190 g/mol. The summed E-state index contributed by atoms with van der Waals surface area (Å²) in [5.74, 6) is -0.109. The van der Waals surface area contributed by atoms with E-state index in [1.54, 1.807) is 0 Å². The first-order chi connectivity index (χ1) is 6.83. The molecule has 1 aromatic rings. The van der Waals surface area contributed by atoms with E-state index in [1.807, 2.05) is 42.5 Å². The van der Waals surface area contributed by atoms with Crippen molar-refractivity contribution in [3.63, 3.8) is 0 Å². The maximum absolute atomic E-state index is 10.7. The van der Waals surface area contributed by atoms with Gasteiger partial charge in [0.05, 0.1) is 0 Å². The highest BCUT2D eigenvalue weighted by molar-refractivity contribution is 5.79.